The second-order valence-corrected chi connectivity index (χ2v) is 16.4. The van der Waals surface area contributed by atoms with Crippen LogP contribution in [0.2, 0.25) is 0 Å². The molecule has 4 heteroatoms. The van der Waals surface area contributed by atoms with Crippen LogP contribution in [0.4, 0.5) is 17.1 Å². The van der Waals surface area contributed by atoms with Gasteiger partial charge in [0.05, 0.1) is 0 Å². The molecule has 284 valence electrons. The predicted molar refractivity (Wildman–Crippen MR) is 247 cm³/mol. The molecule has 0 amide bonds. The molecule has 0 saturated heterocycles. The van der Waals surface area contributed by atoms with Crippen molar-refractivity contribution in [2.45, 2.75) is 19.3 Å². The van der Waals surface area contributed by atoms with E-state index in [1.807, 2.05) is 36.4 Å². The first-order valence-electron chi connectivity index (χ1n) is 20.5. The largest absolute Gasteiger partial charge is 0.456 e. The Bertz CT molecular complexity index is 3450. The van der Waals surface area contributed by atoms with Gasteiger partial charge >= 0.3 is 0 Å². The Morgan fingerprint density at radius 2 is 1.02 bits per heavy atom. The van der Waals surface area contributed by atoms with Crippen molar-refractivity contribution in [2.75, 3.05) is 4.90 Å². The monoisotopic (exact) mass is 770 g/mol. The molecule has 11 aromatic rings. The van der Waals surface area contributed by atoms with E-state index in [9.17, 15) is 0 Å². The van der Waals surface area contributed by atoms with Crippen molar-refractivity contribution in [2.24, 2.45) is 0 Å². The molecule has 2 aromatic heterocycles. The van der Waals surface area contributed by atoms with E-state index in [-0.39, 0.29) is 5.41 Å². The van der Waals surface area contributed by atoms with Crippen molar-refractivity contribution in [3.63, 3.8) is 0 Å². The highest BCUT2D eigenvalue weighted by atomic mass is 16.4. The lowest BCUT2D eigenvalue weighted by Gasteiger charge is -2.27. The van der Waals surface area contributed by atoms with Crippen LogP contribution in [-0.2, 0) is 5.41 Å². The second kappa shape index (κ2) is 13.2. The third-order valence-electron chi connectivity index (χ3n) is 12.5. The third-order valence-corrected chi connectivity index (χ3v) is 12.5. The number of aromatic nitrogens is 1. The molecule has 0 radical (unpaired) electrons. The van der Waals surface area contributed by atoms with Crippen LogP contribution in [0.3, 0.4) is 0 Å². The molecule has 0 fully saturated rings. The van der Waals surface area contributed by atoms with E-state index in [2.05, 4.69) is 176 Å². The fraction of sp³-hybridized carbons (Fsp3) is 0.0536. The highest BCUT2D eigenvalue weighted by Gasteiger charge is 2.35. The average Bonchev–Trinajstić information content (AvgIpc) is 3.95. The SMILES string of the molecule is CC1(C)c2ccccc2-c2cc(N(c3ccc(-c4ccc5ccccc5c4)cc3)c3ccc(-c4ccc5oc6cc7oc(-c8ccccc8)nc7cc6c5c4)cc3)ccc21. The fourth-order valence-corrected chi connectivity index (χ4v) is 9.35. The van der Waals surface area contributed by atoms with E-state index in [0.717, 1.165) is 61.2 Å². The van der Waals surface area contributed by atoms with Gasteiger partial charge in [0.1, 0.15) is 16.7 Å². The lowest BCUT2D eigenvalue weighted by atomic mass is 9.82. The van der Waals surface area contributed by atoms with Gasteiger partial charge in [-0.05, 0) is 128 Å². The first-order chi connectivity index (χ1) is 29.4. The van der Waals surface area contributed by atoms with Gasteiger partial charge < -0.3 is 13.7 Å². The molecule has 0 spiro atoms. The normalized spacial score (nSPS) is 13.0. The molecule has 0 aliphatic heterocycles. The zero-order valence-electron chi connectivity index (χ0n) is 33.2. The van der Waals surface area contributed by atoms with Gasteiger partial charge in [0, 0.05) is 44.9 Å². The topological polar surface area (TPSA) is 42.4 Å². The number of oxazole rings is 1. The molecule has 0 saturated carbocycles. The van der Waals surface area contributed by atoms with Crippen LogP contribution < -0.4 is 4.90 Å². The van der Waals surface area contributed by atoms with Gasteiger partial charge in [0.2, 0.25) is 5.89 Å². The van der Waals surface area contributed by atoms with Crippen LogP contribution in [-0.4, -0.2) is 4.98 Å². The van der Waals surface area contributed by atoms with Crippen molar-refractivity contribution in [1.29, 1.82) is 0 Å². The number of rotatable bonds is 6. The first-order valence-corrected chi connectivity index (χ1v) is 20.5. The molecule has 9 aromatic carbocycles. The van der Waals surface area contributed by atoms with Gasteiger partial charge in [-0.25, -0.2) is 4.98 Å². The molecular weight excluding hydrogens is 733 g/mol. The maximum atomic E-state index is 6.34. The lowest BCUT2D eigenvalue weighted by Crippen LogP contribution is -2.15. The van der Waals surface area contributed by atoms with Crippen LogP contribution in [0, 0.1) is 0 Å². The zero-order valence-corrected chi connectivity index (χ0v) is 33.2. The Morgan fingerprint density at radius 1 is 0.400 bits per heavy atom. The summed E-state index contributed by atoms with van der Waals surface area (Å²) in [5.41, 5.74) is 17.3. The van der Waals surface area contributed by atoms with E-state index in [1.165, 1.54) is 44.2 Å². The minimum absolute atomic E-state index is 0.0635. The second-order valence-electron chi connectivity index (χ2n) is 16.4. The minimum atomic E-state index is -0.0635. The molecule has 0 bridgehead atoms. The van der Waals surface area contributed by atoms with Gasteiger partial charge in [-0.2, -0.15) is 0 Å². The summed E-state index contributed by atoms with van der Waals surface area (Å²) in [5.74, 6) is 0.604. The summed E-state index contributed by atoms with van der Waals surface area (Å²) in [6, 6.07) is 69.4. The number of nitrogens with zero attached hydrogens (tertiary/aromatic N) is 2. The fourth-order valence-electron chi connectivity index (χ4n) is 9.35. The van der Waals surface area contributed by atoms with Gasteiger partial charge in [-0.3, -0.25) is 0 Å². The Hall–Kier alpha value is -7.69. The van der Waals surface area contributed by atoms with Crippen molar-refractivity contribution in [3.8, 4) is 44.8 Å². The van der Waals surface area contributed by atoms with Gasteiger partial charge in [0.25, 0.3) is 0 Å². The van der Waals surface area contributed by atoms with E-state index >= 15 is 0 Å². The van der Waals surface area contributed by atoms with Crippen molar-refractivity contribution >= 4 is 60.9 Å². The average molecular weight is 771 g/mol. The smallest absolute Gasteiger partial charge is 0.227 e. The summed E-state index contributed by atoms with van der Waals surface area (Å²) in [4.78, 5) is 7.21. The van der Waals surface area contributed by atoms with Gasteiger partial charge in [-0.15, -0.1) is 0 Å². The number of benzene rings is 9. The Kier molecular flexibility index (Phi) is 7.54. The number of fused-ring (bicyclic) bond motifs is 8. The Balaban J connectivity index is 0.931. The van der Waals surface area contributed by atoms with Crippen molar-refractivity contribution < 1.29 is 8.83 Å². The molecule has 2 heterocycles. The standard InChI is InChI=1S/C56H38N2O2/c1-56(2)49-15-9-8-14-45(49)46-32-44(27-28-50(46)56)58(42-23-18-36(19-24-42)40-17-16-35-10-6-7-13-39(35)30-40)43-25-20-37(21-26-43)41-22-29-52-47(31-41)48-33-51-54(34-53(48)59-52)60-55(57-51)38-11-4-3-5-12-38/h3-34H,1-2H3. The highest BCUT2D eigenvalue weighted by Crippen LogP contribution is 2.51. The van der Waals surface area contributed by atoms with Crippen molar-refractivity contribution in [1.82, 2.24) is 4.98 Å². The molecule has 0 unspecified atom stereocenters. The molecule has 0 N–H and O–H groups in total. The van der Waals surface area contributed by atoms with Crippen molar-refractivity contribution in [3.05, 3.63) is 205 Å². The zero-order chi connectivity index (χ0) is 40.0. The minimum Gasteiger partial charge on any atom is -0.456 e. The van der Waals surface area contributed by atoms with Gasteiger partial charge in [-0.1, -0.05) is 129 Å². The molecular formula is C56H38N2O2. The molecule has 1 aliphatic carbocycles. The quantitative estimate of drug-likeness (QED) is 0.169. The third kappa shape index (κ3) is 5.49. The Labute approximate surface area is 347 Å². The number of hydrogen-bond donors (Lipinski definition) is 0. The van der Waals surface area contributed by atoms with Crippen LogP contribution in [0.1, 0.15) is 25.0 Å². The van der Waals surface area contributed by atoms with E-state index in [0.29, 0.717) is 11.5 Å². The number of furan rings is 1. The van der Waals surface area contributed by atoms with E-state index < -0.39 is 0 Å². The number of anilines is 3. The first kappa shape index (κ1) is 34.4. The molecule has 0 atom stereocenters. The summed E-state index contributed by atoms with van der Waals surface area (Å²) >= 11 is 0. The lowest BCUT2D eigenvalue weighted by molar-refractivity contribution is 0.617. The molecule has 4 nitrogen and oxygen atoms in total. The Morgan fingerprint density at radius 3 is 1.80 bits per heavy atom. The van der Waals surface area contributed by atoms with E-state index in [4.69, 9.17) is 13.8 Å². The summed E-state index contributed by atoms with van der Waals surface area (Å²) < 4.78 is 12.5. The summed E-state index contributed by atoms with van der Waals surface area (Å²) in [5, 5.41) is 4.56. The maximum absolute atomic E-state index is 6.34. The van der Waals surface area contributed by atoms with Gasteiger partial charge in [0.15, 0.2) is 5.58 Å². The maximum Gasteiger partial charge on any atom is 0.227 e. The number of hydrogen-bond acceptors (Lipinski definition) is 4. The molecule has 60 heavy (non-hydrogen) atoms. The van der Waals surface area contributed by atoms with Crippen LogP contribution in [0.5, 0.6) is 0 Å². The van der Waals surface area contributed by atoms with Crippen LogP contribution in [0.25, 0.3) is 88.6 Å². The van der Waals surface area contributed by atoms with Crippen LogP contribution >= 0.6 is 0 Å². The highest BCUT2D eigenvalue weighted by molar-refractivity contribution is 6.10. The predicted octanol–water partition coefficient (Wildman–Crippen LogP) is 15.7. The summed E-state index contributed by atoms with van der Waals surface area (Å²) in [6.07, 6.45) is 0. The summed E-state index contributed by atoms with van der Waals surface area (Å²) in [6.45, 7) is 4.67. The summed E-state index contributed by atoms with van der Waals surface area (Å²) in [7, 11) is 0. The molecule has 1 aliphatic rings. The van der Waals surface area contributed by atoms with E-state index in [1.54, 1.807) is 0 Å². The molecule has 12 rings (SSSR count). The van der Waals surface area contributed by atoms with Crippen LogP contribution in [0.15, 0.2) is 203 Å².